The Morgan fingerprint density at radius 3 is 2.09 bits per heavy atom. The Morgan fingerprint density at radius 1 is 0.906 bits per heavy atom. The summed E-state index contributed by atoms with van der Waals surface area (Å²) in [6, 6.07) is 15.6. The van der Waals surface area contributed by atoms with Crippen molar-refractivity contribution in [1.29, 1.82) is 0 Å². The van der Waals surface area contributed by atoms with Crippen molar-refractivity contribution in [3.05, 3.63) is 78.5 Å². The Balaban J connectivity index is 2.20. The van der Waals surface area contributed by atoms with Gasteiger partial charge in [0.2, 0.25) is 0 Å². The molecule has 2 aromatic carbocycles. The molecule has 1 nitrogen and oxygen atoms in total. The van der Waals surface area contributed by atoms with E-state index in [4.69, 9.17) is 11.8 Å². The minimum Gasteiger partial charge on any atom is -0.315 e. The van der Waals surface area contributed by atoms with Gasteiger partial charge in [0.1, 0.15) is 0 Å². The monoisotopic (exact) mass is 463 g/mol. The number of fused-ring (bicyclic) bond motifs is 1. The Kier molecular flexibility index (Phi) is 6.81. The van der Waals surface area contributed by atoms with Gasteiger partial charge in [0.15, 0.2) is 0 Å². The molecule has 0 N–H and O–H groups in total. The average molecular weight is 464 g/mol. The summed E-state index contributed by atoms with van der Waals surface area (Å²) in [5.74, 6) is 0. The first-order valence-corrected chi connectivity index (χ1v) is 14.4. The predicted octanol–water partition coefficient (Wildman–Crippen LogP) is 9.14. The number of rotatable bonds is 5. The quantitative estimate of drug-likeness (QED) is 0.341. The van der Waals surface area contributed by atoms with E-state index in [0.29, 0.717) is 0 Å². The molecule has 0 aliphatic carbocycles. The molecule has 3 aromatic rings. The lowest BCUT2D eigenvalue weighted by Crippen LogP contribution is -2.29. The molecular weight excluding hydrogens is 425 g/mol. The maximum Gasteiger partial charge on any atom is 0.0605 e. The van der Waals surface area contributed by atoms with E-state index in [-0.39, 0.29) is 10.3 Å². The van der Waals surface area contributed by atoms with Crippen molar-refractivity contribution in [1.82, 2.24) is 4.57 Å². The van der Waals surface area contributed by atoms with Gasteiger partial charge in [-0.15, -0.1) is 0 Å². The zero-order valence-corrected chi connectivity index (χ0v) is 22.7. The number of para-hydroxylation sites is 2. The molecule has 1 aromatic heterocycles. The van der Waals surface area contributed by atoms with E-state index in [2.05, 4.69) is 127 Å². The number of hydrogen-bond acceptors (Lipinski definition) is 1. The third kappa shape index (κ3) is 4.45. The fourth-order valence-corrected chi connectivity index (χ4v) is 8.54. The van der Waals surface area contributed by atoms with Gasteiger partial charge in [-0.2, -0.15) is 0 Å². The molecule has 170 valence electrons. The molecular formula is C29H38NPS. The molecule has 0 radical (unpaired) electrons. The van der Waals surface area contributed by atoms with Gasteiger partial charge in [-0.05, 0) is 65.0 Å². The van der Waals surface area contributed by atoms with Crippen LogP contribution in [-0.4, -0.2) is 21.0 Å². The van der Waals surface area contributed by atoms with E-state index in [0.717, 1.165) is 11.7 Å². The van der Waals surface area contributed by atoms with Crippen molar-refractivity contribution in [3.8, 4) is 5.69 Å². The second kappa shape index (κ2) is 8.81. The molecule has 0 aliphatic rings. The van der Waals surface area contributed by atoms with E-state index in [1.807, 2.05) is 0 Å². The van der Waals surface area contributed by atoms with Crippen LogP contribution in [0.25, 0.3) is 27.7 Å². The minimum atomic E-state index is -1.67. The van der Waals surface area contributed by atoms with Crippen LogP contribution in [0, 0.1) is 0 Å². The highest BCUT2D eigenvalue weighted by Gasteiger charge is 2.40. The van der Waals surface area contributed by atoms with E-state index in [1.54, 1.807) is 0 Å². The molecule has 32 heavy (non-hydrogen) atoms. The maximum atomic E-state index is 6.44. The largest absolute Gasteiger partial charge is 0.315 e. The first kappa shape index (κ1) is 24.7. The van der Waals surface area contributed by atoms with Crippen LogP contribution in [0.15, 0.2) is 67.4 Å². The summed E-state index contributed by atoms with van der Waals surface area (Å²) < 4.78 is 2.32. The first-order valence-electron chi connectivity index (χ1n) is 11.4. The van der Waals surface area contributed by atoms with Gasteiger partial charge in [-0.3, -0.25) is 0 Å². The zero-order valence-electron chi connectivity index (χ0n) is 21.0. The van der Waals surface area contributed by atoms with E-state index in [9.17, 15) is 0 Å². The standard InChI is InChI=1S/C29H38NPS/c1-21(2)24-14-12-15-25(27(24)30-19-17-23-13-10-11-16-26(23)30)22(3)18-20-31(32,28(4,5)6)29(7,8)9/h10-19H,1,20H2,2-9H3/b22-18-. The van der Waals surface area contributed by atoms with Crippen molar-refractivity contribution in [3.63, 3.8) is 0 Å². The van der Waals surface area contributed by atoms with Gasteiger partial charge in [-0.25, -0.2) is 0 Å². The number of benzene rings is 2. The summed E-state index contributed by atoms with van der Waals surface area (Å²) in [7, 11) is 0. The predicted molar refractivity (Wildman–Crippen MR) is 150 cm³/mol. The lowest BCUT2D eigenvalue weighted by atomic mass is 9.97. The van der Waals surface area contributed by atoms with Gasteiger partial charge >= 0.3 is 0 Å². The fourth-order valence-electron chi connectivity index (χ4n) is 4.67. The molecule has 0 atom stereocenters. The van der Waals surface area contributed by atoms with E-state index < -0.39 is 6.04 Å². The number of aromatic nitrogens is 1. The van der Waals surface area contributed by atoms with Gasteiger partial charge in [-0.1, -0.05) is 102 Å². The summed E-state index contributed by atoms with van der Waals surface area (Å²) >= 11 is 6.44. The number of hydrogen-bond donors (Lipinski definition) is 0. The highest BCUT2D eigenvalue weighted by atomic mass is 32.4. The van der Waals surface area contributed by atoms with Crippen molar-refractivity contribution in [2.75, 3.05) is 6.16 Å². The van der Waals surface area contributed by atoms with Crippen LogP contribution in [0.3, 0.4) is 0 Å². The van der Waals surface area contributed by atoms with Crippen LogP contribution in [0.4, 0.5) is 0 Å². The summed E-state index contributed by atoms with van der Waals surface area (Å²) in [4.78, 5) is 0. The van der Waals surface area contributed by atoms with Gasteiger partial charge in [0, 0.05) is 17.3 Å². The second-order valence-corrected chi connectivity index (χ2v) is 17.3. The average Bonchev–Trinajstić information content (AvgIpc) is 3.13. The third-order valence-electron chi connectivity index (χ3n) is 6.58. The number of allylic oxidation sites excluding steroid dienone is 3. The molecule has 0 bridgehead atoms. The molecule has 3 heteroatoms. The first-order chi connectivity index (χ1) is 14.8. The van der Waals surface area contributed by atoms with E-state index >= 15 is 0 Å². The smallest absolute Gasteiger partial charge is 0.0605 e. The van der Waals surface area contributed by atoms with Crippen molar-refractivity contribution in [2.24, 2.45) is 0 Å². The van der Waals surface area contributed by atoms with Crippen LogP contribution < -0.4 is 0 Å². The normalized spacial score (nSPS) is 13.6. The Bertz CT molecular complexity index is 1210. The Labute approximate surface area is 200 Å². The lowest BCUT2D eigenvalue weighted by Gasteiger charge is -2.44. The minimum absolute atomic E-state index is 0.121. The fraction of sp³-hybridized carbons (Fsp3) is 0.379. The lowest BCUT2D eigenvalue weighted by molar-refractivity contribution is 0.705. The maximum absolute atomic E-state index is 6.44. The molecule has 0 saturated carbocycles. The van der Waals surface area contributed by atoms with Crippen LogP contribution in [0.5, 0.6) is 0 Å². The van der Waals surface area contributed by atoms with Gasteiger partial charge in [0.05, 0.1) is 11.2 Å². The van der Waals surface area contributed by atoms with Crippen molar-refractivity contribution in [2.45, 2.75) is 65.7 Å². The van der Waals surface area contributed by atoms with Crippen LogP contribution in [0.2, 0.25) is 0 Å². The summed E-state index contributed by atoms with van der Waals surface area (Å²) in [6.45, 7) is 22.5. The topological polar surface area (TPSA) is 4.93 Å². The molecule has 0 amide bonds. The molecule has 0 aliphatic heterocycles. The highest BCUT2D eigenvalue weighted by Crippen LogP contribution is 2.67. The summed E-state index contributed by atoms with van der Waals surface area (Å²) in [5, 5.41) is 1.49. The molecule has 0 spiro atoms. The second-order valence-electron chi connectivity index (χ2n) is 10.9. The SMILES string of the molecule is C=C(C)c1cccc(/C(C)=C\CP(=S)(C(C)(C)C)C(C)(C)C)c1-n1ccc2ccccc21. The third-order valence-corrected chi connectivity index (χ3v) is 15.3. The number of nitrogens with zero attached hydrogens (tertiary/aromatic N) is 1. The summed E-state index contributed by atoms with van der Waals surface area (Å²) in [6.07, 6.45) is 5.55. The highest BCUT2D eigenvalue weighted by molar-refractivity contribution is 8.16. The molecule has 0 fully saturated rings. The van der Waals surface area contributed by atoms with Crippen LogP contribution in [-0.2, 0) is 11.8 Å². The molecule has 0 saturated heterocycles. The Hall–Kier alpha value is -1.89. The van der Waals surface area contributed by atoms with Crippen LogP contribution >= 0.6 is 6.04 Å². The molecule has 0 unspecified atom stereocenters. The zero-order chi connectivity index (χ0) is 23.9. The van der Waals surface area contributed by atoms with Crippen molar-refractivity contribution >= 4 is 39.9 Å². The summed E-state index contributed by atoms with van der Waals surface area (Å²) in [5.41, 5.74) is 7.20. The molecule has 1 heterocycles. The van der Waals surface area contributed by atoms with Crippen LogP contribution in [0.1, 0.15) is 66.5 Å². The van der Waals surface area contributed by atoms with E-state index in [1.165, 1.54) is 33.3 Å². The van der Waals surface area contributed by atoms with Gasteiger partial charge in [0.25, 0.3) is 0 Å². The van der Waals surface area contributed by atoms with Crippen molar-refractivity contribution < 1.29 is 0 Å². The Morgan fingerprint density at radius 2 is 1.50 bits per heavy atom. The molecule has 3 rings (SSSR count). The van der Waals surface area contributed by atoms with Gasteiger partial charge < -0.3 is 4.57 Å².